The Balaban J connectivity index is 2.29. The van der Waals surface area contributed by atoms with Crippen LogP contribution in [0.25, 0.3) is 22.2 Å². The van der Waals surface area contributed by atoms with Gasteiger partial charge in [0, 0.05) is 5.56 Å². The third-order valence-corrected chi connectivity index (χ3v) is 4.90. The van der Waals surface area contributed by atoms with Gasteiger partial charge in [-0.2, -0.15) is 0 Å². The van der Waals surface area contributed by atoms with Crippen LogP contribution in [-0.4, -0.2) is 4.98 Å². The van der Waals surface area contributed by atoms with Crippen molar-refractivity contribution in [3.8, 4) is 11.3 Å². The van der Waals surface area contributed by atoms with Crippen molar-refractivity contribution in [3.63, 3.8) is 0 Å². The minimum absolute atomic E-state index is 0.199. The molecule has 2 nitrogen and oxygen atoms in total. The second-order valence-electron chi connectivity index (χ2n) is 6.45. The van der Waals surface area contributed by atoms with Crippen LogP contribution < -0.4 is 4.57 Å². The minimum atomic E-state index is -0.199. The van der Waals surface area contributed by atoms with Crippen molar-refractivity contribution in [2.24, 2.45) is 7.05 Å². The first-order valence-electron chi connectivity index (χ1n) is 8.60. The number of aromatic nitrogens is 2. The summed E-state index contributed by atoms with van der Waals surface area (Å²) in [4.78, 5) is 4.56. The van der Waals surface area contributed by atoms with Crippen LogP contribution in [-0.2, 0) is 7.05 Å². The monoisotopic (exact) mass is 323 g/mol. The Hall–Kier alpha value is -2.29. The zero-order valence-corrected chi connectivity index (χ0v) is 14.8. The van der Waals surface area contributed by atoms with Crippen LogP contribution in [0.4, 0.5) is 4.39 Å². The number of nitrogens with zero attached hydrogens (tertiary/aromatic N) is 2. The van der Waals surface area contributed by atoms with Gasteiger partial charge in [-0.1, -0.05) is 19.9 Å². The van der Waals surface area contributed by atoms with E-state index in [4.69, 9.17) is 0 Å². The third-order valence-electron chi connectivity index (χ3n) is 4.90. The first-order valence-corrected chi connectivity index (χ1v) is 8.60. The van der Waals surface area contributed by atoms with E-state index in [9.17, 15) is 4.39 Å². The third kappa shape index (κ3) is 2.91. The molecule has 0 aliphatic heterocycles. The number of rotatable bonds is 4. The van der Waals surface area contributed by atoms with Crippen molar-refractivity contribution in [1.29, 1.82) is 0 Å². The molecule has 0 saturated heterocycles. The normalized spacial score (nSPS) is 11.4. The van der Waals surface area contributed by atoms with Crippen molar-refractivity contribution < 1.29 is 8.96 Å². The zero-order valence-electron chi connectivity index (χ0n) is 14.8. The number of halogens is 1. The van der Waals surface area contributed by atoms with Crippen LogP contribution in [0.1, 0.15) is 43.7 Å². The summed E-state index contributed by atoms with van der Waals surface area (Å²) in [6.45, 7) is 6.41. The predicted octanol–water partition coefficient (Wildman–Crippen LogP) is 5.08. The van der Waals surface area contributed by atoms with E-state index >= 15 is 0 Å². The zero-order chi connectivity index (χ0) is 17.3. The van der Waals surface area contributed by atoms with Crippen LogP contribution in [0.3, 0.4) is 0 Å². The van der Waals surface area contributed by atoms with Crippen LogP contribution in [0, 0.1) is 12.7 Å². The summed E-state index contributed by atoms with van der Waals surface area (Å²) in [6.07, 6.45) is 4.08. The summed E-state index contributed by atoms with van der Waals surface area (Å²) in [5.74, 6) is 0.358. The van der Waals surface area contributed by atoms with Gasteiger partial charge in [0.05, 0.1) is 12.4 Å². The molecule has 0 unspecified atom stereocenters. The highest BCUT2D eigenvalue weighted by Gasteiger charge is 2.18. The number of hydrogen-bond donors (Lipinski definition) is 0. The summed E-state index contributed by atoms with van der Waals surface area (Å²) >= 11 is 0. The molecule has 3 rings (SSSR count). The van der Waals surface area contributed by atoms with E-state index < -0.39 is 0 Å². The van der Waals surface area contributed by atoms with Crippen molar-refractivity contribution in [3.05, 3.63) is 59.7 Å². The number of hydrogen-bond acceptors (Lipinski definition) is 1. The van der Waals surface area contributed by atoms with Gasteiger partial charge in [0.15, 0.2) is 5.52 Å². The van der Waals surface area contributed by atoms with Crippen LogP contribution in [0.2, 0.25) is 0 Å². The molecule has 0 spiro atoms. The molecule has 0 fully saturated rings. The van der Waals surface area contributed by atoms with Crippen LogP contribution in [0.5, 0.6) is 0 Å². The lowest BCUT2D eigenvalue weighted by atomic mass is 9.91. The maximum absolute atomic E-state index is 13.5. The van der Waals surface area contributed by atoms with Crippen molar-refractivity contribution in [1.82, 2.24) is 4.98 Å². The van der Waals surface area contributed by atoms with Gasteiger partial charge in [-0.3, -0.25) is 0 Å². The second kappa shape index (κ2) is 6.68. The maximum atomic E-state index is 13.5. The first kappa shape index (κ1) is 16.6. The average molecular weight is 323 g/mol. The summed E-state index contributed by atoms with van der Waals surface area (Å²) in [6, 6.07) is 11.5. The van der Waals surface area contributed by atoms with Crippen molar-refractivity contribution in [2.75, 3.05) is 0 Å². The van der Waals surface area contributed by atoms with Crippen molar-refractivity contribution >= 4 is 10.9 Å². The molecule has 2 aromatic carbocycles. The molecule has 1 aromatic heterocycles. The fraction of sp³-hybridized carbons (Fsp3) is 0.333. The fourth-order valence-electron chi connectivity index (χ4n) is 3.49. The van der Waals surface area contributed by atoms with Crippen LogP contribution >= 0.6 is 0 Å². The Bertz CT molecular complexity index is 882. The second-order valence-corrected chi connectivity index (χ2v) is 6.45. The molecule has 3 aromatic rings. The highest BCUT2D eigenvalue weighted by Crippen LogP contribution is 2.31. The summed E-state index contributed by atoms with van der Waals surface area (Å²) in [7, 11) is 1.99. The Labute approximate surface area is 143 Å². The fourth-order valence-corrected chi connectivity index (χ4v) is 3.49. The maximum Gasteiger partial charge on any atom is 0.287 e. The SMILES string of the molecule is CCC(CC)c1ccc2nc[n+](C)c(-c3ccc(F)cc3C)c2c1. The summed E-state index contributed by atoms with van der Waals surface area (Å²) < 4.78 is 15.5. The molecular formula is C21H24FN2+. The van der Waals surface area contributed by atoms with Gasteiger partial charge in [-0.15, -0.1) is 0 Å². The smallest absolute Gasteiger partial charge is 0.232 e. The van der Waals surface area contributed by atoms with E-state index in [-0.39, 0.29) is 5.82 Å². The first-order chi connectivity index (χ1) is 11.5. The van der Waals surface area contributed by atoms with E-state index in [1.165, 1.54) is 11.6 Å². The number of fused-ring (bicyclic) bond motifs is 1. The lowest BCUT2D eigenvalue weighted by Gasteiger charge is -2.14. The molecule has 0 bridgehead atoms. The number of benzene rings is 2. The molecule has 0 radical (unpaired) electrons. The highest BCUT2D eigenvalue weighted by atomic mass is 19.1. The topological polar surface area (TPSA) is 16.8 Å². The molecule has 0 aliphatic rings. The van der Waals surface area contributed by atoms with Crippen LogP contribution in [0.15, 0.2) is 42.7 Å². The highest BCUT2D eigenvalue weighted by molar-refractivity contribution is 5.91. The lowest BCUT2D eigenvalue weighted by molar-refractivity contribution is -0.662. The molecule has 0 N–H and O–H groups in total. The molecular weight excluding hydrogens is 299 g/mol. The predicted molar refractivity (Wildman–Crippen MR) is 96.4 cm³/mol. The molecule has 0 saturated carbocycles. The van der Waals surface area contributed by atoms with Gasteiger partial charge < -0.3 is 0 Å². The van der Waals surface area contributed by atoms with E-state index in [0.29, 0.717) is 5.92 Å². The van der Waals surface area contributed by atoms with Gasteiger partial charge in [0.25, 0.3) is 6.33 Å². The van der Waals surface area contributed by atoms with Gasteiger partial charge in [-0.05, 0) is 72.1 Å². The molecule has 24 heavy (non-hydrogen) atoms. The largest absolute Gasteiger partial charge is 0.287 e. The summed E-state index contributed by atoms with van der Waals surface area (Å²) in [5, 5.41) is 1.12. The van der Waals surface area contributed by atoms with E-state index in [2.05, 4.69) is 37.0 Å². The molecule has 0 amide bonds. The van der Waals surface area contributed by atoms with Gasteiger partial charge >= 0.3 is 0 Å². The van der Waals surface area contributed by atoms with Crippen molar-refractivity contribution in [2.45, 2.75) is 39.5 Å². The molecule has 124 valence electrons. The van der Waals surface area contributed by atoms with E-state index in [0.717, 1.165) is 40.6 Å². The van der Waals surface area contributed by atoms with Gasteiger partial charge in [0.1, 0.15) is 11.5 Å². The van der Waals surface area contributed by atoms with E-state index in [1.54, 1.807) is 6.07 Å². The molecule has 1 heterocycles. The number of aryl methyl sites for hydroxylation is 2. The molecule has 3 heteroatoms. The Morgan fingerprint density at radius 2 is 1.83 bits per heavy atom. The average Bonchev–Trinajstić information content (AvgIpc) is 2.57. The Morgan fingerprint density at radius 1 is 1.08 bits per heavy atom. The molecule has 0 atom stereocenters. The molecule has 0 aliphatic carbocycles. The quantitative estimate of drug-likeness (QED) is 0.612. The Kier molecular flexibility index (Phi) is 4.61. The van der Waals surface area contributed by atoms with Gasteiger partial charge in [-0.25, -0.2) is 8.96 Å². The minimum Gasteiger partial charge on any atom is -0.232 e. The van der Waals surface area contributed by atoms with Gasteiger partial charge in [0.2, 0.25) is 0 Å². The summed E-state index contributed by atoms with van der Waals surface area (Å²) in [5.41, 5.74) is 5.40. The Morgan fingerprint density at radius 3 is 2.50 bits per heavy atom. The standard InChI is InChI=1S/C21H24FN2/c1-5-15(6-2)16-7-10-20-19(12-16)21(24(4)13-23-20)18-9-8-17(22)11-14(18)3/h7-13,15H,5-6H2,1-4H3/q+1. The lowest BCUT2D eigenvalue weighted by Crippen LogP contribution is -2.31. The van der Waals surface area contributed by atoms with E-state index in [1.807, 2.05) is 30.9 Å².